The third-order valence-electron chi connectivity index (χ3n) is 3.67. The first-order valence-electron chi connectivity index (χ1n) is 7.20. The predicted octanol–water partition coefficient (Wildman–Crippen LogP) is 2.90. The molecule has 1 aliphatic rings. The molecule has 1 aromatic rings. The van der Waals surface area contributed by atoms with Crippen molar-refractivity contribution in [3.05, 3.63) is 35.4 Å². The molecule has 1 aromatic carbocycles. The summed E-state index contributed by atoms with van der Waals surface area (Å²) in [7, 11) is 0. The first-order chi connectivity index (χ1) is 8.65. The molecule has 1 aliphatic heterocycles. The van der Waals surface area contributed by atoms with Gasteiger partial charge in [0.1, 0.15) is 0 Å². The minimum atomic E-state index is 0.447. The van der Waals surface area contributed by atoms with Crippen molar-refractivity contribution in [2.24, 2.45) is 5.92 Å². The average Bonchev–Trinajstić information content (AvgIpc) is 2.82. The van der Waals surface area contributed by atoms with Crippen LogP contribution in [0.25, 0.3) is 0 Å². The monoisotopic (exact) mass is 246 g/mol. The molecule has 2 rings (SSSR count). The fourth-order valence-electron chi connectivity index (χ4n) is 2.66. The number of hydrogen-bond acceptors (Lipinski definition) is 2. The van der Waals surface area contributed by atoms with E-state index in [0.717, 1.165) is 19.0 Å². The van der Waals surface area contributed by atoms with Gasteiger partial charge in [-0.2, -0.15) is 0 Å². The molecule has 0 radical (unpaired) electrons. The van der Waals surface area contributed by atoms with E-state index in [1.54, 1.807) is 0 Å². The molecule has 2 atom stereocenters. The number of hydrogen-bond donors (Lipinski definition) is 2. The van der Waals surface area contributed by atoms with Crippen molar-refractivity contribution >= 4 is 0 Å². The number of rotatable bonds is 5. The highest BCUT2D eigenvalue weighted by molar-refractivity contribution is 5.25. The van der Waals surface area contributed by atoms with Crippen molar-refractivity contribution < 1.29 is 0 Å². The summed E-state index contributed by atoms with van der Waals surface area (Å²) in [5.41, 5.74) is 2.85. The Morgan fingerprint density at radius 3 is 2.50 bits per heavy atom. The van der Waals surface area contributed by atoms with Crippen LogP contribution < -0.4 is 10.6 Å². The van der Waals surface area contributed by atoms with E-state index in [4.69, 9.17) is 0 Å². The summed E-state index contributed by atoms with van der Waals surface area (Å²) >= 11 is 0. The number of nitrogens with one attached hydrogen (secondary N) is 2. The van der Waals surface area contributed by atoms with Crippen molar-refractivity contribution in [1.82, 2.24) is 10.6 Å². The first-order valence-corrected chi connectivity index (χ1v) is 7.20. The Hall–Kier alpha value is -0.860. The molecule has 0 saturated carbocycles. The molecular formula is C16H26N2. The van der Waals surface area contributed by atoms with Crippen LogP contribution in [0.5, 0.6) is 0 Å². The Morgan fingerprint density at radius 2 is 1.94 bits per heavy atom. The van der Waals surface area contributed by atoms with Gasteiger partial charge < -0.3 is 10.6 Å². The van der Waals surface area contributed by atoms with E-state index < -0.39 is 0 Å². The van der Waals surface area contributed by atoms with E-state index in [2.05, 4.69) is 55.7 Å². The molecule has 18 heavy (non-hydrogen) atoms. The van der Waals surface area contributed by atoms with Gasteiger partial charge in [0.2, 0.25) is 0 Å². The maximum absolute atomic E-state index is 3.69. The summed E-state index contributed by atoms with van der Waals surface area (Å²) in [6.07, 6.45) is 2.42. The maximum atomic E-state index is 3.69. The van der Waals surface area contributed by atoms with Crippen molar-refractivity contribution in [2.75, 3.05) is 13.1 Å². The van der Waals surface area contributed by atoms with Gasteiger partial charge >= 0.3 is 0 Å². The summed E-state index contributed by atoms with van der Waals surface area (Å²) in [5, 5.41) is 7.09. The summed E-state index contributed by atoms with van der Waals surface area (Å²) in [6, 6.07) is 10.2. The van der Waals surface area contributed by atoms with Crippen molar-refractivity contribution in [3.63, 3.8) is 0 Å². The quantitative estimate of drug-likeness (QED) is 0.835. The van der Waals surface area contributed by atoms with Gasteiger partial charge in [-0.15, -0.1) is 0 Å². The maximum Gasteiger partial charge on any atom is 0.0294 e. The SMILES string of the molecule is CC(C)Cc1ccc(C(C)NC2CCNC2)cc1. The van der Waals surface area contributed by atoms with Gasteiger partial charge in [0.25, 0.3) is 0 Å². The Morgan fingerprint density at radius 1 is 1.22 bits per heavy atom. The lowest BCUT2D eigenvalue weighted by Crippen LogP contribution is -2.33. The fraction of sp³-hybridized carbons (Fsp3) is 0.625. The summed E-state index contributed by atoms with van der Waals surface area (Å²) < 4.78 is 0. The van der Waals surface area contributed by atoms with Crippen molar-refractivity contribution in [2.45, 2.75) is 45.7 Å². The molecule has 1 saturated heterocycles. The van der Waals surface area contributed by atoms with E-state index >= 15 is 0 Å². The van der Waals surface area contributed by atoms with Gasteiger partial charge in [-0.05, 0) is 43.4 Å². The molecule has 2 nitrogen and oxygen atoms in total. The highest BCUT2D eigenvalue weighted by atomic mass is 15.0. The second kappa shape index (κ2) is 6.35. The van der Waals surface area contributed by atoms with Gasteiger partial charge in [0.05, 0.1) is 0 Å². The minimum Gasteiger partial charge on any atom is -0.315 e. The van der Waals surface area contributed by atoms with E-state index in [9.17, 15) is 0 Å². The van der Waals surface area contributed by atoms with Gasteiger partial charge in [0, 0.05) is 18.6 Å². The Balaban J connectivity index is 1.91. The number of benzene rings is 1. The molecule has 0 bridgehead atoms. The van der Waals surface area contributed by atoms with Crippen LogP contribution in [0.3, 0.4) is 0 Å². The summed E-state index contributed by atoms with van der Waals surface area (Å²) in [4.78, 5) is 0. The summed E-state index contributed by atoms with van der Waals surface area (Å²) in [5.74, 6) is 0.732. The van der Waals surface area contributed by atoms with Crippen LogP contribution in [0.4, 0.5) is 0 Å². The van der Waals surface area contributed by atoms with Crippen LogP contribution in [0.15, 0.2) is 24.3 Å². The Labute approximate surface area is 111 Å². The minimum absolute atomic E-state index is 0.447. The van der Waals surface area contributed by atoms with Gasteiger partial charge in [-0.3, -0.25) is 0 Å². The van der Waals surface area contributed by atoms with Crippen LogP contribution in [0.1, 0.15) is 44.4 Å². The molecule has 1 heterocycles. The van der Waals surface area contributed by atoms with Gasteiger partial charge in [0.15, 0.2) is 0 Å². The normalized spacial score (nSPS) is 21.4. The predicted molar refractivity (Wildman–Crippen MR) is 77.8 cm³/mol. The smallest absolute Gasteiger partial charge is 0.0294 e. The molecule has 2 N–H and O–H groups in total. The van der Waals surface area contributed by atoms with Crippen molar-refractivity contribution in [1.29, 1.82) is 0 Å². The van der Waals surface area contributed by atoms with Crippen LogP contribution >= 0.6 is 0 Å². The fourth-order valence-corrected chi connectivity index (χ4v) is 2.66. The zero-order valence-corrected chi connectivity index (χ0v) is 11.9. The van der Waals surface area contributed by atoms with Crippen LogP contribution in [0.2, 0.25) is 0 Å². The second-order valence-corrected chi connectivity index (χ2v) is 5.92. The Kier molecular flexibility index (Phi) is 4.79. The standard InChI is InChI=1S/C16H26N2/c1-12(2)10-14-4-6-15(7-5-14)13(3)18-16-8-9-17-11-16/h4-7,12-13,16-18H,8-11H2,1-3H3. The third-order valence-corrected chi connectivity index (χ3v) is 3.67. The molecule has 0 aliphatic carbocycles. The van der Waals surface area contributed by atoms with Gasteiger partial charge in [-0.25, -0.2) is 0 Å². The zero-order valence-electron chi connectivity index (χ0n) is 11.9. The molecule has 2 unspecified atom stereocenters. The van der Waals surface area contributed by atoms with Crippen LogP contribution in [0, 0.1) is 5.92 Å². The van der Waals surface area contributed by atoms with Crippen LogP contribution in [-0.2, 0) is 6.42 Å². The van der Waals surface area contributed by atoms with Crippen LogP contribution in [-0.4, -0.2) is 19.1 Å². The molecule has 1 fully saturated rings. The lowest BCUT2D eigenvalue weighted by molar-refractivity contribution is 0.478. The van der Waals surface area contributed by atoms with Gasteiger partial charge in [-0.1, -0.05) is 38.1 Å². The van der Waals surface area contributed by atoms with E-state index in [1.807, 2.05) is 0 Å². The zero-order chi connectivity index (χ0) is 13.0. The first kappa shape index (κ1) is 13.6. The molecule has 0 aromatic heterocycles. The summed E-state index contributed by atoms with van der Waals surface area (Å²) in [6.45, 7) is 9.06. The molecule has 0 amide bonds. The largest absolute Gasteiger partial charge is 0.315 e. The van der Waals surface area contributed by atoms with E-state index in [0.29, 0.717) is 12.1 Å². The highest BCUT2D eigenvalue weighted by Crippen LogP contribution is 2.17. The third kappa shape index (κ3) is 3.82. The lowest BCUT2D eigenvalue weighted by Gasteiger charge is -2.19. The van der Waals surface area contributed by atoms with Crippen molar-refractivity contribution in [3.8, 4) is 0 Å². The molecule has 0 spiro atoms. The lowest BCUT2D eigenvalue weighted by atomic mass is 9.99. The molecule has 100 valence electrons. The van der Waals surface area contributed by atoms with E-state index in [-0.39, 0.29) is 0 Å². The Bertz CT molecular complexity index is 350. The highest BCUT2D eigenvalue weighted by Gasteiger charge is 2.16. The second-order valence-electron chi connectivity index (χ2n) is 5.92. The topological polar surface area (TPSA) is 24.1 Å². The molecular weight excluding hydrogens is 220 g/mol. The van der Waals surface area contributed by atoms with E-state index in [1.165, 1.54) is 24.0 Å². The average molecular weight is 246 g/mol. The molecule has 2 heteroatoms.